The maximum atomic E-state index is 14.2. The number of aromatic nitrogens is 3. The number of nitrogens with one attached hydrogen (secondary N) is 1. The highest BCUT2D eigenvalue weighted by Crippen LogP contribution is 2.27. The number of rotatable bonds is 6. The predicted molar refractivity (Wildman–Crippen MR) is 114 cm³/mol. The van der Waals surface area contributed by atoms with Gasteiger partial charge in [0.05, 0.1) is 12.2 Å². The molecule has 0 unspecified atom stereocenters. The minimum Gasteiger partial charge on any atom is -0.350 e. The molecule has 4 rings (SSSR count). The smallest absolute Gasteiger partial charge is 0.350 e. The third-order valence-corrected chi connectivity index (χ3v) is 5.54. The average molecular weight is 422 g/mol. The van der Waals surface area contributed by atoms with Gasteiger partial charge >= 0.3 is 5.69 Å². The fourth-order valence-corrected chi connectivity index (χ4v) is 3.26. The number of aryl methyl sites for hydroxylation is 2. The fraction of sp³-hybridized carbons (Fsp3) is 0.304. The number of amides is 1. The molecule has 3 aromatic rings. The minimum absolute atomic E-state index is 0.170. The van der Waals surface area contributed by atoms with E-state index in [9.17, 15) is 18.8 Å². The summed E-state index contributed by atoms with van der Waals surface area (Å²) in [5, 5.41) is 6.82. The number of carbonyl (C=O) groups excluding carboxylic acids is 1. The zero-order chi connectivity index (χ0) is 22.1. The highest BCUT2D eigenvalue weighted by Gasteiger charge is 2.25. The molecule has 1 aliphatic rings. The molecule has 7 nitrogen and oxygen atoms in total. The Bertz CT molecular complexity index is 1270. The molecule has 1 fully saturated rings. The van der Waals surface area contributed by atoms with Gasteiger partial charge < -0.3 is 5.32 Å². The molecule has 1 saturated carbocycles. The fourth-order valence-electron chi connectivity index (χ4n) is 3.26. The topological polar surface area (TPSA) is 86.0 Å². The van der Waals surface area contributed by atoms with Crippen LogP contribution in [0.25, 0.3) is 5.69 Å². The Kier molecular flexibility index (Phi) is 5.54. The molecular formula is C23H23FN4O3. The van der Waals surface area contributed by atoms with Gasteiger partial charge in [-0.15, -0.1) is 0 Å². The van der Waals surface area contributed by atoms with Crippen molar-refractivity contribution in [3.8, 4) is 5.69 Å². The van der Waals surface area contributed by atoms with Gasteiger partial charge in [0.15, 0.2) is 0 Å². The lowest BCUT2D eigenvalue weighted by Gasteiger charge is -2.13. The van der Waals surface area contributed by atoms with Crippen molar-refractivity contribution in [3.63, 3.8) is 0 Å². The van der Waals surface area contributed by atoms with E-state index in [1.165, 1.54) is 18.2 Å². The number of halogens is 1. The van der Waals surface area contributed by atoms with Gasteiger partial charge in [-0.05, 0) is 61.9 Å². The summed E-state index contributed by atoms with van der Waals surface area (Å²) < 4.78 is 16.1. The van der Waals surface area contributed by atoms with Crippen molar-refractivity contribution < 1.29 is 9.18 Å². The summed E-state index contributed by atoms with van der Waals surface area (Å²) in [7, 11) is 0. The third-order valence-electron chi connectivity index (χ3n) is 5.54. The zero-order valence-electron chi connectivity index (χ0n) is 17.4. The van der Waals surface area contributed by atoms with Gasteiger partial charge in [0.2, 0.25) is 5.69 Å². The van der Waals surface area contributed by atoms with Crippen LogP contribution in [-0.2, 0) is 6.54 Å². The molecule has 2 aromatic carbocycles. The van der Waals surface area contributed by atoms with E-state index in [1.807, 2.05) is 19.9 Å². The first-order valence-corrected chi connectivity index (χ1v) is 10.2. The Hall–Kier alpha value is -3.55. The van der Waals surface area contributed by atoms with E-state index < -0.39 is 28.7 Å². The molecule has 0 saturated heterocycles. The Balaban J connectivity index is 1.85. The molecule has 160 valence electrons. The second-order valence-electron chi connectivity index (χ2n) is 7.95. The Morgan fingerprint density at radius 3 is 2.55 bits per heavy atom. The Morgan fingerprint density at radius 1 is 1.13 bits per heavy atom. The van der Waals surface area contributed by atoms with Crippen LogP contribution in [0.3, 0.4) is 0 Å². The lowest BCUT2D eigenvalue weighted by atomic mass is 10.1. The maximum absolute atomic E-state index is 14.2. The first-order chi connectivity index (χ1) is 14.8. The largest absolute Gasteiger partial charge is 0.352 e. The maximum Gasteiger partial charge on any atom is 0.352 e. The van der Waals surface area contributed by atoms with Gasteiger partial charge in [-0.25, -0.2) is 9.18 Å². The highest BCUT2D eigenvalue weighted by molar-refractivity contribution is 5.91. The summed E-state index contributed by atoms with van der Waals surface area (Å²) in [5.74, 6) is -0.768. The zero-order valence-corrected chi connectivity index (χ0v) is 17.4. The summed E-state index contributed by atoms with van der Waals surface area (Å²) in [6.07, 6.45) is 2.07. The van der Waals surface area contributed by atoms with Crippen molar-refractivity contribution >= 4 is 5.91 Å². The number of benzene rings is 2. The van der Waals surface area contributed by atoms with Gasteiger partial charge in [0, 0.05) is 12.1 Å². The van der Waals surface area contributed by atoms with Crippen molar-refractivity contribution in [2.75, 3.05) is 6.54 Å². The molecule has 31 heavy (non-hydrogen) atoms. The minimum atomic E-state index is -0.846. The van der Waals surface area contributed by atoms with Gasteiger partial charge in [-0.2, -0.15) is 9.78 Å². The summed E-state index contributed by atoms with van der Waals surface area (Å²) in [5.41, 5.74) is 0.568. The molecule has 1 amide bonds. The van der Waals surface area contributed by atoms with Crippen molar-refractivity contribution in [2.45, 2.75) is 33.2 Å². The van der Waals surface area contributed by atoms with Gasteiger partial charge in [0.1, 0.15) is 5.82 Å². The van der Waals surface area contributed by atoms with Gasteiger partial charge in [-0.1, -0.05) is 24.3 Å². The number of carbonyl (C=O) groups is 1. The highest BCUT2D eigenvalue weighted by atomic mass is 19.1. The quantitative estimate of drug-likeness (QED) is 0.661. The first kappa shape index (κ1) is 20.7. The lowest BCUT2D eigenvalue weighted by molar-refractivity contribution is 0.0942. The number of hydrogen-bond acceptors (Lipinski definition) is 4. The van der Waals surface area contributed by atoms with Gasteiger partial charge in [-0.3, -0.25) is 14.2 Å². The molecule has 0 aliphatic heterocycles. The van der Waals surface area contributed by atoms with Crippen LogP contribution in [0.4, 0.5) is 4.39 Å². The summed E-state index contributed by atoms with van der Waals surface area (Å²) in [6.45, 7) is 3.98. The normalized spacial score (nSPS) is 13.3. The van der Waals surface area contributed by atoms with Crippen LogP contribution >= 0.6 is 0 Å². The average Bonchev–Trinajstić information content (AvgIpc) is 3.57. The third kappa shape index (κ3) is 4.33. The van der Waals surface area contributed by atoms with Crippen molar-refractivity contribution in [3.05, 3.63) is 91.5 Å². The van der Waals surface area contributed by atoms with Crippen LogP contribution in [0.1, 0.15) is 40.0 Å². The van der Waals surface area contributed by atoms with E-state index >= 15 is 0 Å². The molecule has 0 radical (unpaired) electrons. The molecule has 0 atom stereocenters. The second kappa shape index (κ2) is 8.29. The van der Waals surface area contributed by atoms with E-state index in [0.29, 0.717) is 18.2 Å². The summed E-state index contributed by atoms with van der Waals surface area (Å²) in [6, 6.07) is 11.2. The molecule has 1 heterocycles. The predicted octanol–water partition coefficient (Wildman–Crippen LogP) is 2.34. The van der Waals surface area contributed by atoms with Crippen LogP contribution in [0.2, 0.25) is 0 Å². The molecule has 1 aromatic heterocycles. The molecule has 1 aliphatic carbocycles. The SMILES string of the molecule is Cc1ccc(-n2nc(C(=O)NCC3CC3)c(=O)n(Cc3ccccc3F)c2=O)cc1C. The standard InChI is InChI=1S/C23H23FN4O3/c1-14-7-10-18(11-15(14)2)28-23(31)27(13-17-5-3-4-6-19(17)24)22(30)20(26-28)21(29)25-12-16-8-9-16/h3-7,10-11,16H,8-9,12-13H2,1-2H3,(H,25,29). The van der Waals surface area contributed by atoms with Crippen molar-refractivity contribution in [1.82, 2.24) is 19.7 Å². The van der Waals surface area contributed by atoms with E-state index in [4.69, 9.17) is 0 Å². The molecule has 1 N–H and O–H groups in total. The van der Waals surface area contributed by atoms with Crippen molar-refractivity contribution in [1.29, 1.82) is 0 Å². The number of hydrogen-bond donors (Lipinski definition) is 1. The van der Waals surface area contributed by atoms with E-state index in [0.717, 1.165) is 33.2 Å². The molecular weight excluding hydrogens is 399 g/mol. The Labute approximate surface area is 178 Å². The van der Waals surface area contributed by atoms with E-state index in [2.05, 4.69) is 10.4 Å². The van der Waals surface area contributed by atoms with Gasteiger partial charge in [0.25, 0.3) is 11.5 Å². The monoisotopic (exact) mass is 422 g/mol. The van der Waals surface area contributed by atoms with Crippen LogP contribution < -0.4 is 16.6 Å². The van der Waals surface area contributed by atoms with Crippen molar-refractivity contribution in [2.24, 2.45) is 5.92 Å². The van der Waals surface area contributed by atoms with Crippen LogP contribution in [0, 0.1) is 25.6 Å². The summed E-state index contributed by atoms with van der Waals surface area (Å²) >= 11 is 0. The molecule has 8 heteroatoms. The summed E-state index contributed by atoms with van der Waals surface area (Å²) in [4.78, 5) is 38.9. The lowest BCUT2D eigenvalue weighted by Crippen LogP contribution is -2.46. The second-order valence-corrected chi connectivity index (χ2v) is 7.95. The number of nitrogens with zero attached hydrogens (tertiary/aromatic N) is 3. The van der Waals surface area contributed by atoms with Crippen LogP contribution in [-0.4, -0.2) is 26.8 Å². The first-order valence-electron chi connectivity index (χ1n) is 10.2. The van der Waals surface area contributed by atoms with E-state index in [-0.39, 0.29) is 12.1 Å². The molecule has 0 spiro atoms. The van der Waals surface area contributed by atoms with Crippen LogP contribution in [0.15, 0.2) is 52.1 Å². The molecule has 0 bridgehead atoms. The van der Waals surface area contributed by atoms with E-state index in [1.54, 1.807) is 18.2 Å². The Morgan fingerprint density at radius 2 is 1.87 bits per heavy atom. The van der Waals surface area contributed by atoms with Crippen LogP contribution in [0.5, 0.6) is 0 Å².